The summed E-state index contributed by atoms with van der Waals surface area (Å²) in [5, 5.41) is 3.17. The van der Waals surface area contributed by atoms with E-state index in [2.05, 4.69) is 15.3 Å². The van der Waals surface area contributed by atoms with Gasteiger partial charge in [-0.25, -0.2) is 4.98 Å². The minimum Gasteiger partial charge on any atom is -0.497 e. The second-order valence-electron chi connectivity index (χ2n) is 5.46. The van der Waals surface area contributed by atoms with Gasteiger partial charge in [0.15, 0.2) is 0 Å². The Morgan fingerprint density at radius 2 is 1.79 bits per heavy atom. The highest BCUT2D eigenvalue weighted by Crippen LogP contribution is 2.22. The Bertz CT molecular complexity index is 871. The highest BCUT2D eigenvalue weighted by molar-refractivity contribution is 5.64. The number of ether oxygens (including phenoxy) is 1. The highest BCUT2D eigenvalue weighted by Gasteiger charge is 2.10. The van der Waals surface area contributed by atoms with Crippen molar-refractivity contribution < 1.29 is 4.74 Å². The number of anilines is 1. The molecule has 0 radical (unpaired) electrons. The van der Waals surface area contributed by atoms with Crippen molar-refractivity contribution in [2.75, 3.05) is 12.4 Å². The fourth-order valence-corrected chi connectivity index (χ4v) is 2.43. The van der Waals surface area contributed by atoms with Crippen LogP contribution in [0, 0.1) is 6.92 Å². The number of H-pyrrole nitrogens is 1. The third-order valence-corrected chi connectivity index (χ3v) is 3.82. The lowest BCUT2D eigenvalue weighted by Crippen LogP contribution is -2.16. The SMILES string of the molecule is COc1ccc(-c2nc(NCc3ccccc3)[nH]c(=O)c2C)cc1. The van der Waals surface area contributed by atoms with E-state index in [0.717, 1.165) is 16.9 Å². The summed E-state index contributed by atoms with van der Waals surface area (Å²) in [5.41, 5.74) is 3.10. The molecule has 2 N–H and O–H groups in total. The van der Waals surface area contributed by atoms with Crippen LogP contribution in [0.2, 0.25) is 0 Å². The molecule has 0 aliphatic heterocycles. The van der Waals surface area contributed by atoms with E-state index in [-0.39, 0.29) is 5.56 Å². The normalized spacial score (nSPS) is 10.4. The quantitative estimate of drug-likeness (QED) is 0.756. The Hall–Kier alpha value is -3.08. The number of rotatable bonds is 5. The van der Waals surface area contributed by atoms with E-state index >= 15 is 0 Å². The molecule has 3 aromatic rings. The molecular formula is C19H19N3O2. The molecule has 24 heavy (non-hydrogen) atoms. The summed E-state index contributed by atoms with van der Waals surface area (Å²) >= 11 is 0. The molecule has 0 fully saturated rings. The molecule has 0 spiro atoms. The minimum atomic E-state index is -0.147. The van der Waals surface area contributed by atoms with Crippen molar-refractivity contribution in [3.63, 3.8) is 0 Å². The molecule has 2 aromatic carbocycles. The van der Waals surface area contributed by atoms with Gasteiger partial charge in [0, 0.05) is 17.7 Å². The molecule has 122 valence electrons. The number of methoxy groups -OCH3 is 1. The topological polar surface area (TPSA) is 67.0 Å². The summed E-state index contributed by atoms with van der Waals surface area (Å²) in [4.78, 5) is 19.6. The second-order valence-corrected chi connectivity index (χ2v) is 5.46. The van der Waals surface area contributed by atoms with Crippen molar-refractivity contribution >= 4 is 5.95 Å². The Morgan fingerprint density at radius 1 is 1.08 bits per heavy atom. The molecule has 1 aromatic heterocycles. The van der Waals surface area contributed by atoms with Crippen LogP contribution < -0.4 is 15.6 Å². The zero-order chi connectivity index (χ0) is 16.9. The molecule has 0 saturated heterocycles. The minimum absolute atomic E-state index is 0.147. The third kappa shape index (κ3) is 3.46. The summed E-state index contributed by atoms with van der Waals surface area (Å²) < 4.78 is 5.17. The molecule has 3 rings (SSSR count). The van der Waals surface area contributed by atoms with Gasteiger partial charge in [0.2, 0.25) is 5.95 Å². The first kappa shape index (κ1) is 15.8. The molecule has 5 heteroatoms. The van der Waals surface area contributed by atoms with Gasteiger partial charge in [-0.05, 0) is 36.8 Å². The van der Waals surface area contributed by atoms with Crippen LogP contribution in [0.5, 0.6) is 5.75 Å². The van der Waals surface area contributed by atoms with Crippen LogP contribution in [0.4, 0.5) is 5.95 Å². The Kier molecular flexibility index (Phi) is 4.61. The molecule has 0 aliphatic rings. The molecule has 1 heterocycles. The van der Waals surface area contributed by atoms with Crippen LogP contribution in [0.1, 0.15) is 11.1 Å². The number of nitrogens with one attached hydrogen (secondary N) is 2. The van der Waals surface area contributed by atoms with E-state index in [4.69, 9.17) is 4.74 Å². The first-order valence-electron chi connectivity index (χ1n) is 7.70. The molecule has 0 saturated carbocycles. The Balaban J connectivity index is 1.89. The van der Waals surface area contributed by atoms with E-state index in [1.807, 2.05) is 54.6 Å². The van der Waals surface area contributed by atoms with E-state index in [1.54, 1.807) is 14.0 Å². The number of hydrogen-bond acceptors (Lipinski definition) is 4. The maximum absolute atomic E-state index is 12.2. The van der Waals surface area contributed by atoms with Crippen LogP contribution in [0.25, 0.3) is 11.3 Å². The molecule has 0 bridgehead atoms. The van der Waals surface area contributed by atoms with Crippen molar-refractivity contribution in [1.29, 1.82) is 0 Å². The van der Waals surface area contributed by atoms with Gasteiger partial charge in [0.05, 0.1) is 12.8 Å². The summed E-state index contributed by atoms with van der Waals surface area (Å²) in [5.74, 6) is 1.23. The highest BCUT2D eigenvalue weighted by atomic mass is 16.5. The maximum atomic E-state index is 12.2. The Morgan fingerprint density at radius 3 is 2.46 bits per heavy atom. The number of benzene rings is 2. The van der Waals surface area contributed by atoms with Crippen LogP contribution in [-0.2, 0) is 6.54 Å². The van der Waals surface area contributed by atoms with E-state index in [1.165, 1.54) is 0 Å². The van der Waals surface area contributed by atoms with E-state index < -0.39 is 0 Å². The van der Waals surface area contributed by atoms with Crippen LogP contribution in [-0.4, -0.2) is 17.1 Å². The van der Waals surface area contributed by atoms with Crippen LogP contribution >= 0.6 is 0 Å². The van der Waals surface area contributed by atoms with Crippen molar-refractivity contribution in [3.05, 3.63) is 76.1 Å². The molecule has 0 amide bonds. The van der Waals surface area contributed by atoms with Crippen molar-refractivity contribution in [1.82, 2.24) is 9.97 Å². The zero-order valence-corrected chi connectivity index (χ0v) is 13.7. The van der Waals surface area contributed by atoms with Crippen LogP contribution in [0.15, 0.2) is 59.4 Å². The van der Waals surface area contributed by atoms with E-state index in [0.29, 0.717) is 23.8 Å². The van der Waals surface area contributed by atoms with Crippen molar-refractivity contribution in [2.24, 2.45) is 0 Å². The zero-order valence-electron chi connectivity index (χ0n) is 13.7. The summed E-state index contributed by atoms with van der Waals surface area (Å²) in [6.45, 7) is 2.36. The van der Waals surface area contributed by atoms with Gasteiger partial charge in [-0.15, -0.1) is 0 Å². The van der Waals surface area contributed by atoms with Crippen molar-refractivity contribution in [3.8, 4) is 17.0 Å². The van der Waals surface area contributed by atoms with Gasteiger partial charge in [0.25, 0.3) is 5.56 Å². The van der Waals surface area contributed by atoms with Gasteiger partial charge < -0.3 is 10.1 Å². The third-order valence-electron chi connectivity index (χ3n) is 3.82. The van der Waals surface area contributed by atoms with Gasteiger partial charge >= 0.3 is 0 Å². The largest absolute Gasteiger partial charge is 0.497 e. The summed E-state index contributed by atoms with van der Waals surface area (Å²) in [6, 6.07) is 17.5. The predicted molar refractivity (Wildman–Crippen MR) is 95.4 cm³/mol. The van der Waals surface area contributed by atoms with Gasteiger partial charge in [-0.1, -0.05) is 30.3 Å². The molecule has 0 aliphatic carbocycles. The molecular weight excluding hydrogens is 302 g/mol. The fourth-order valence-electron chi connectivity index (χ4n) is 2.43. The number of nitrogens with zero attached hydrogens (tertiary/aromatic N) is 1. The first-order chi connectivity index (χ1) is 11.7. The lowest BCUT2D eigenvalue weighted by atomic mass is 10.1. The fraction of sp³-hybridized carbons (Fsp3) is 0.158. The number of hydrogen-bond donors (Lipinski definition) is 2. The van der Waals surface area contributed by atoms with E-state index in [9.17, 15) is 4.79 Å². The number of aromatic amines is 1. The average Bonchev–Trinajstić information content (AvgIpc) is 2.63. The van der Waals surface area contributed by atoms with Gasteiger partial charge in [-0.2, -0.15) is 0 Å². The van der Waals surface area contributed by atoms with Crippen LogP contribution in [0.3, 0.4) is 0 Å². The standard InChI is InChI=1S/C19H19N3O2/c1-13-17(15-8-10-16(24-2)11-9-15)21-19(22-18(13)23)20-12-14-6-4-3-5-7-14/h3-11H,12H2,1-2H3,(H2,20,21,22,23). The summed E-state index contributed by atoms with van der Waals surface area (Å²) in [6.07, 6.45) is 0. The smallest absolute Gasteiger partial charge is 0.255 e. The monoisotopic (exact) mass is 321 g/mol. The lowest BCUT2D eigenvalue weighted by Gasteiger charge is -2.10. The molecule has 5 nitrogen and oxygen atoms in total. The predicted octanol–water partition coefficient (Wildman–Crippen LogP) is 3.37. The maximum Gasteiger partial charge on any atom is 0.255 e. The van der Waals surface area contributed by atoms with Gasteiger partial charge in [-0.3, -0.25) is 9.78 Å². The molecule has 0 unspecified atom stereocenters. The second kappa shape index (κ2) is 7.00. The molecule has 0 atom stereocenters. The number of aromatic nitrogens is 2. The summed E-state index contributed by atoms with van der Waals surface area (Å²) in [7, 11) is 1.62. The first-order valence-corrected chi connectivity index (χ1v) is 7.70. The Labute approximate surface area is 140 Å². The van der Waals surface area contributed by atoms with Gasteiger partial charge in [0.1, 0.15) is 5.75 Å². The lowest BCUT2D eigenvalue weighted by molar-refractivity contribution is 0.415. The average molecular weight is 321 g/mol. The van der Waals surface area contributed by atoms with Crippen molar-refractivity contribution in [2.45, 2.75) is 13.5 Å².